The molecule has 12 amide bonds. The zero-order valence-corrected chi connectivity index (χ0v) is 60.9. The van der Waals surface area contributed by atoms with E-state index in [0.29, 0.717) is 18.4 Å². The Balaban J connectivity index is 1.91. The van der Waals surface area contributed by atoms with Crippen molar-refractivity contribution in [3.05, 3.63) is 69.7 Å². The molecule has 12 atom stereocenters. The number of carbonyl (C=O) groups excluding carboxylic acids is 12. The van der Waals surface area contributed by atoms with Crippen LogP contribution in [0.5, 0.6) is 0 Å². The second-order valence-corrected chi connectivity index (χ2v) is 27.7. The monoisotopic (exact) mass is 1380 g/mol. The van der Waals surface area contributed by atoms with Gasteiger partial charge in [0.2, 0.25) is 70.9 Å². The van der Waals surface area contributed by atoms with Crippen LogP contribution in [0.1, 0.15) is 130 Å². The summed E-state index contributed by atoms with van der Waals surface area (Å²) < 4.78 is 41.4. The van der Waals surface area contributed by atoms with E-state index in [-0.39, 0.29) is 50.1 Å². The lowest BCUT2D eigenvalue weighted by molar-refractivity contribution is -0.160. The number of nitrogens with zero attached hydrogens (tertiary/aromatic N) is 9. The first-order valence-electron chi connectivity index (χ1n) is 33.2. The molecule has 2 aliphatic rings. The van der Waals surface area contributed by atoms with Crippen LogP contribution in [0.25, 0.3) is 0 Å². The van der Waals surface area contributed by atoms with Crippen molar-refractivity contribution in [2.24, 2.45) is 23.7 Å². The van der Waals surface area contributed by atoms with Gasteiger partial charge >= 0.3 is 6.18 Å². The third-order valence-corrected chi connectivity index (χ3v) is 19.6. The van der Waals surface area contributed by atoms with Crippen molar-refractivity contribution in [3.8, 4) is 0 Å². The zero-order chi connectivity index (χ0) is 73.7. The van der Waals surface area contributed by atoms with Crippen molar-refractivity contribution in [2.45, 2.75) is 194 Å². The first kappa shape index (κ1) is 81.6. The van der Waals surface area contributed by atoms with E-state index >= 15 is 4.79 Å². The Labute approximate surface area is 575 Å². The Morgan fingerprint density at radius 3 is 1.70 bits per heavy atom. The minimum atomic E-state index is -4.78. The van der Waals surface area contributed by atoms with Gasteiger partial charge in [0.1, 0.15) is 60.4 Å². The fraction of sp³-hybridized carbons (Fsp3) is 0.652. The smallest absolute Gasteiger partial charge is 0.347 e. The van der Waals surface area contributed by atoms with E-state index in [9.17, 15) is 65.9 Å². The van der Waals surface area contributed by atoms with Gasteiger partial charge in [-0.15, -0.1) is 0 Å². The van der Waals surface area contributed by atoms with E-state index in [2.05, 4.69) is 16.0 Å². The van der Waals surface area contributed by atoms with Gasteiger partial charge in [0.25, 0.3) is 0 Å². The summed E-state index contributed by atoms with van der Waals surface area (Å²) in [5.41, 5.74) is 0.698. The molecule has 540 valence electrons. The largest absolute Gasteiger partial charge is 0.417 e. The quantitative estimate of drug-likeness (QED) is 0.248. The van der Waals surface area contributed by atoms with E-state index in [1.54, 1.807) is 46.8 Å². The van der Waals surface area contributed by atoms with Gasteiger partial charge in [0.15, 0.2) is 0 Å². The number of nitrogens with one attached hydrogen (secondary N) is 3. The average Bonchev–Trinajstić information content (AvgIpc) is 0.784. The van der Waals surface area contributed by atoms with E-state index < -0.39 is 179 Å². The number of hydrogen-bond acceptors (Lipinski definition) is 12. The van der Waals surface area contributed by atoms with Gasteiger partial charge < -0.3 is 60.0 Å². The summed E-state index contributed by atoms with van der Waals surface area (Å²) in [5.74, 6) is -10.7. The van der Waals surface area contributed by atoms with Crippen LogP contribution in [0, 0.1) is 30.6 Å². The van der Waals surface area contributed by atoms with Crippen LogP contribution in [0.3, 0.4) is 0 Å². The Kier molecular flexibility index (Phi) is 29.5. The molecular formula is C69H104ClF3N12O12. The van der Waals surface area contributed by atoms with Gasteiger partial charge in [-0.3, -0.25) is 57.5 Å². The molecule has 0 bridgehead atoms. The highest BCUT2D eigenvalue weighted by molar-refractivity contribution is 6.31. The number of aryl methyl sites for hydroxylation is 2. The first-order chi connectivity index (χ1) is 45.0. The number of amides is 12. The van der Waals surface area contributed by atoms with Gasteiger partial charge in [-0.1, -0.05) is 116 Å². The van der Waals surface area contributed by atoms with Crippen LogP contribution >= 0.6 is 11.6 Å². The van der Waals surface area contributed by atoms with E-state index in [1.807, 2.05) is 39.8 Å². The van der Waals surface area contributed by atoms with Crippen molar-refractivity contribution < 1.29 is 70.7 Å². The van der Waals surface area contributed by atoms with Gasteiger partial charge in [0.05, 0.1) is 23.6 Å². The lowest BCUT2D eigenvalue weighted by atomic mass is 9.93. The second kappa shape index (κ2) is 35.1. The standard InChI is InChI=1S/C69H104ClF3N12O12/c1-21-41(8)57-67(96)80(16)44(11)61(90)85-32-31-50(85)65(94)82(18)52(35-46-25-23-40(7)24-26-46)64(93)78(14)37-54(86)74-49(30-28-45-27-29-47(48(70)34-45)69(71,72)73)62(91)79(15)43(10)59(88)75-56(39(5)6)66(95)84(20)58(42(9)22-2)68(97)83(19)53(63(92)77(12)13)36-55(87)81(17)51(33-38(3)4)60(89)76-57/h23-27,29,34,38-39,41-44,49-53,56-58H,21-22,28,30-33,35-37H2,1-20H3,(H,74,86)(H,75,88)(H,76,89)/t41-,42-,43-,44-,49-,50?,51-,52-,53-,56-,57-,58-/m0/s1. The van der Waals surface area contributed by atoms with E-state index in [0.717, 1.165) is 32.4 Å². The topological polar surface area (TPSA) is 270 Å². The van der Waals surface area contributed by atoms with Crippen LogP contribution < -0.4 is 16.0 Å². The minimum Gasteiger partial charge on any atom is -0.347 e. The summed E-state index contributed by atoms with van der Waals surface area (Å²) in [6, 6.07) is -2.84. The van der Waals surface area contributed by atoms with Crippen LogP contribution in [0.4, 0.5) is 13.2 Å². The predicted octanol–water partition coefficient (Wildman–Crippen LogP) is 4.64. The molecule has 1 unspecified atom stereocenters. The summed E-state index contributed by atoms with van der Waals surface area (Å²) in [6.45, 7) is 18.2. The summed E-state index contributed by atoms with van der Waals surface area (Å²) in [4.78, 5) is 187. The molecule has 97 heavy (non-hydrogen) atoms. The first-order valence-corrected chi connectivity index (χ1v) is 33.6. The van der Waals surface area contributed by atoms with Gasteiger partial charge in [-0.2, -0.15) is 13.2 Å². The fourth-order valence-corrected chi connectivity index (χ4v) is 12.2. The zero-order valence-electron chi connectivity index (χ0n) is 60.1. The normalized spacial score (nSPS) is 25.4. The molecule has 2 heterocycles. The molecule has 0 radical (unpaired) electrons. The maximum atomic E-state index is 15.1. The van der Waals surface area contributed by atoms with Gasteiger partial charge in [-0.05, 0) is 93.4 Å². The molecule has 3 N–H and O–H groups in total. The van der Waals surface area contributed by atoms with E-state index in [1.165, 1.54) is 113 Å². The highest BCUT2D eigenvalue weighted by Gasteiger charge is 2.47. The number of halogens is 4. The van der Waals surface area contributed by atoms with Crippen LogP contribution in [-0.2, 0) is 76.6 Å². The Bertz CT molecular complexity index is 3190. The molecule has 2 fully saturated rings. The number of alkyl halides is 3. The number of carbonyl (C=O) groups is 12. The fourth-order valence-electron chi connectivity index (χ4n) is 11.9. The Morgan fingerprint density at radius 1 is 0.629 bits per heavy atom. The maximum Gasteiger partial charge on any atom is 0.417 e. The molecule has 28 heteroatoms. The number of likely N-dealkylation sites (N-methyl/N-ethyl adjacent to an activating group) is 8. The summed E-state index contributed by atoms with van der Waals surface area (Å²) >= 11 is 6.10. The number of benzene rings is 2. The number of fused-ring (bicyclic) bond motifs is 1. The molecular weight excluding hydrogens is 1280 g/mol. The molecule has 0 aromatic heterocycles. The van der Waals surface area contributed by atoms with Gasteiger partial charge in [0, 0.05) is 76.4 Å². The summed E-state index contributed by atoms with van der Waals surface area (Å²) in [7, 11) is 12.4. The lowest BCUT2D eigenvalue weighted by Gasteiger charge is -2.45. The van der Waals surface area contributed by atoms with Crippen LogP contribution in [-0.4, -0.2) is 252 Å². The van der Waals surface area contributed by atoms with Crippen molar-refractivity contribution in [1.29, 1.82) is 0 Å². The van der Waals surface area contributed by atoms with Crippen molar-refractivity contribution in [1.82, 2.24) is 60.0 Å². The molecule has 24 nitrogen and oxygen atoms in total. The highest BCUT2D eigenvalue weighted by atomic mass is 35.5. The molecule has 2 aromatic rings. The van der Waals surface area contributed by atoms with E-state index in [4.69, 9.17) is 11.6 Å². The van der Waals surface area contributed by atoms with Crippen LogP contribution in [0.15, 0.2) is 42.5 Å². The minimum absolute atomic E-state index is 0.0576. The Hall–Kier alpha value is -7.84. The third kappa shape index (κ3) is 20.4. The van der Waals surface area contributed by atoms with Crippen LogP contribution in [0.2, 0.25) is 5.02 Å². The average molecular weight is 1390 g/mol. The van der Waals surface area contributed by atoms with Gasteiger partial charge in [-0.25, -0.2) is 0 Å². The molecule has 0 spiro atoms. The highest BCUT2D eigenvalue weighted by Crippen LogP contribution is 2.35. The molecule has 0 aliphatic carbocycles. The molecule has 2 saturated heterocycles. The Morgan fingerprint density at radius 2 is 1.19 bits per heavy atom. The lowest BCUT2D eigenvalue weighted by Crippen LogP contribution is -2.65. The molecule has 2 aromatic carbocycles. The molecule has 4 rings (SSSR count). The number of hydrogen-bond donors (Lipinski definition) is 3. The predicted molar refractivity (Wildman–Crippen MR) is 360 cm³/mol. The maximum absolute atomic E-state index is 15.1. The molecule has 0 saturated carbocycles. The summed E-state index contributed by atoms with van der Waals surface area (Å²) in [5, 5.41) is 7.67. The van der Waals surface area contributed by atoms with Crippen molar-refractivity contribution in [3.63, 3.8) is 0 Å². The van der Waals surface area contributed by atoms with Crippen molar-refractivity contribution in [2.75, 3.05) is 76.5 Å². The third-order valence-electron chi connectivity index (χ3n) is 19.3. The number of rotatable bonds is 13. The summed E-state index contributed by atoms with van der Waals surface area (Å²) in [6.07, 6.45) is -4.88. The molecule has 2 aliphatic heterocycles. The second-order valence-electron chi connectivity index (χ2n) is 27.3. The SMILES string of the molecule is CC[C@H](C)[C@@H]1NC(=O)[C@H](CC(C)C)N(C)C(=O)C[C@@H](C(=O)N(C)C)N(C)C(=O)[C@H]([C@@H](C)CC)N(C)C(=O)[C@H](C(C)C)NC(=O)[C@H](C)N(C)C(=O)[C@H](CCc2ccc(C(F)(F)F)c(Cl)c2)NC(=O)CN(C)C(=O)[C@H](Cc2ccc(C)cc2)N(C)C(=O)C2CCN2C(=O)[C@H](C)N(C)C1=O. The van der Waals surface area contributed by atoms with Crippen molar-refractivity contribution >= 4 is 82.5 Å².